The number of carboxylic acid groups (broad SMARTS) is 1. The van der Waals surface area contributed by atoms with E-state index in [1.807, 2.05) is 0 Å². The number of amides is 1. The number of nitrogens with one attached hydrogen (secondary N) is 2. The summed E-state index contributed by atoms with van der Waals surface area (Å²) in [6.45, 7) is 1.89. The van der Waals surface area contributed by atoms with Gasteiger partial charge in [-0.3, -0.25) is 9.59 Å². The van der Waals surface area contributed by atoms with Gasteiger partial charge in [0.1, 0.15) is 6.04 Å². The molecule has 1 amide bonds. The van der Waals surface area contributed by atoms with E-state index < -0.39 is 18.0 Å². The summed E-state index contributed by atoms with van der Waals surface area (Å²) in [6.07, 6.45) is 2.13. The lowest BCUT2D eigenvalue weighted by atomic mass is 10.0. The fraction of sp³-hybridized carbons (Fsp3) is 0.769. The summed E-state index contributed by atoms with van der Waals surface area (Å²) in [4.78, 5) is 33.7. The Balaban J connectivity index is 2.30. The van der Waals surface area contributed by atoms with Crippen molar-refractivity contribution < 1.29 is 24.2 Å². The van der Waals surface area contributed by atoms with Crippen molar-refractivity contribution in [2.24, 2.45) is 5.92 Å². The van der Waals surface area contributed by atoms with E-state index >= 15 is 0 Å². The topological polar surface area (TPSA) is 105 Å². The van der Waals surface area contributed by atoms with Crippen LogP contribution in [0.5, 0.6) is 0 Å². The molecule has 0 aromatic carbocycles. The Kier molecular flexibility index (Phi) is 7.00. The molecule has 7 heteroatoms. The second-order valence-corrected chi connectivity index (χ2v) is 4.97. The highest BCUT2D eigenvalue weighted by molar-refractivity contribution is 5.84. The number of ether oxygens (including phenoxy) is 1. The van der Waals surface area contributed by atoms with Crippen LogP contribution < -0.4 is 10.6 Å². The predicted molar refractivity (Wildman–Crippen MR) is 71.0 cm³/mol. The van der Waals surface area contributed by atoms with Crippen molar-refractivity contribution in [1.82, 2.24) is 10.6 Å². The molecule has 20 heavy (non-hydrogen) atoms. The first-order chi connectivity index (χ1) is 9.52. The molecular formula is C13H22N2O5. The van der Waals surface area contributed by atoms with Crippen molar-refractivity contribution in [3.8, 4) is 0 Å². The average Bonchev–Trinajstić information content (AvgIpc) is 2.93. The average molecular weight is 286 g/mol. The summed E-state index contributed by atoms with van der Waals surface area (Å²) in [6, 6.07) is -1.04. The second-order valence-electron chi connectivity index (χ2n) is 4.97. The number of esters is 1. The van der Waals surface area contributed by atoms with Gasteiger partial charge in [-0.25, -0.2) is 4.79 Å². The van der Waals surface area contributed by atoms with Crippen LogP contribution in [0.15, 0.2) is 0 Å². The zero-order valence-electron chi connectivity index (χ0n) is 11.7. The smallest absolute Gasteiger partial charge is 0.326 e. The molecule has 1 rings (SSSR count). The summed E-state index contributed by atoms with van der Waals surface area (Å²) in [5.74, 6) is -1.42. The molecule has 1 unspecified atom stereocenters. The van der Waals surface area contributed by atoms with Gasteiger partial charge in [-0.15, -0.1) is 0 Å². The second kappa shape index (κ2) is 8.52. The van der Waals surface area contributed by atoms with E-state index in [0.717, 1.165) is 25.9 Å². The minimum atomic E-state index is -1.13. The summed E-state index contributed by atoms with van der Waals surface area (Å²) in [7, 11) is 1.24. The van der Waals surface area contributed by atoms with Gasteiger partial charge in [0.25, 0.3) is 0 Å². The number of rotatable bonds is 8. The molecule has 114 valence electrons. The Morgan fingerprint density at radius 3 is 2.70 bits per heavy atom. The van der Waals surface area contributed by atoms with Crippen LogP contribution in [0, 0.1) is 5.92 Å². The van der Waals surface area contributed by atoms with Gasteiger partial charge in [0.2, 0.25) is 5.91 Å². The highest BCUT2D eigenvalue weighted by atomic mass is 16.5. The van der Waals surface area contributed by atoms with E-state index in [1.54, 1.807) is 0 Å². The van der Waals surface area contributed by atoms with Crippen LogP contribution >= 0.6 is 0 Å². The number of carbonyl (C=O) groups excluding carboxylic acids is 2. The van der Waals surface area contributed by atoms with Gasteiger partial charge in [-0.2, -0.15) is 0 Å². The molecule has 0 aliphatic carbocycles. The van der Waals surface area contributed by atoms with Crippen molar-refractivity contribution in [2.75, 3.05) is 20.2 Å². The van der Waals surface area contributed by atoms with Gasteiger partial charge in [0.05, 0.1) is 7.11 Å². The van der Waals surface area contributed by atoms with Crippen LogP contribution in [0.4, 0.5) is 0 Å². The quantitative estimate of drug-likeness (QED) is 0.538. The van der Waals surface area contributed by atoms with Gasteiger partial charge in [0.15, 0.2) is 0 Å². The molecule has 1 aliphatic rings. The molecule has 2 atom stereocenters. The monoisotopic (exact) mass is 286 g/mol. The van der Waals surface area contributed by atoms with Crippen LogP contribution in [0.1, 0.15) is 32.1 Å². The van der Waals surface area contributed by atoms with Crippen molar-refractivity contribution in [2.45, 2.75) is 38.1 Å². The van der Waals surface area contributed by atoms with Gasteiger partial charge in [-0.1, -0.05) is 0 Å². The van der Waals surface area contributed by atoms with E-state index in [0.29, 0.717) is 12.3 Å². The van der Waals surface area contributed by atoms with Crippen molar-refractivity contribution in [3.63, 3.8) is 0 Å². The third kappa shape index (κ3) is 6.01. The molecule has 0 radical (unpaired) electrons. The van der Waals surface area contributed by atoms with Crippen LogP contribution in [-0.4, -0.2) is 49.2 Å². The lowest BCUT2D eigenvalue weighted by Gasteiger charge is -2.14. The Morgan fingerprint density at radius 2 is 2.15 bits per heavy atom. The van der Waals surface area contributed by atoms with Gasteiger partial charge in [-0.05, 0) is 38.3 Å². The van der Waals surface area contributed by atoms with E-state index in [-0.39, 0.29) is 18.7 Å². The molecule has 1 aliphatic heterocycles. The van der Waals surface area contributed by atoms with E-state index in [4.69, 9.17) is 5.11 Å². The molecule has 0 bridgehead atoms. The Labute approximate surface area is 118 Å². The molecule has 0 saturated carbocycles. The van der Waals surface area contributed by atoms with E-state index in [2.05, 4.69) is 15.4 Å². The summed E-state index contributed by atoms with van der Waals surface area (Å²) in [5.41, 5.74) is 0. The summed E-state index contributed by atoms with van der Waals surface area (Å²) >= 11 is 0. The van der Waals surface area contributed by atoms with Gasteiger partial charge < -0.3 is 20.5 Å². The Bertz CT molecular complexity index is 353. The van der Waals surface area contributed by atoms with Crippen LogP contribution in [-0.2, 0) is 19.1 Å². The minimum absolute atomic E-state index is 0.0275. The molecule has 0 spiro atoms. The largest absolute Gasteiger partial charge is 0.480 e. The maximum absolute atomic E-state index is 11.7. The molecule has 7 nitrogen and oxygen atoms in total. The number of carboxylic acids is 1. The standard InChI is InChI=1S/C13H22N2O5/c1-20-12(17)5-3-10(13(18)19)15-11(16)4-2-9-6-7-14-8-9/h9-10,14H,2-8H2,1H3,(H,15,16)(H,18,19)/t9?,10-/m1/s1. The predicted octanol–water partition coefficient (Wildman–Crippen LogP) is -0.101. The van der Waals surface area contributed by atoms with Crippen LogP contribution in [0.3, 0.4) is 0 Å². The van der Waals surface area contributed by atoms with Crippen LogP contribution in [0.2, 0.25) is 0 Å². The highest BCUT2D eigenvalue weighted by Gasteiger charge is 2.22. The molecule has 1 fully saturated rings. The third-order valence-electron chi connectivity index (χ3n) is 3.44. The Morgan fingerprint density at radius 1 is 1.40 bits per heavy atom. The normalized spacial score (nSPS) is 19.4. The van der Waals surface area contributed by atoms with Gasteiger partial charge >= 0.3 is 11.9 Å². The Hall–Kier alpha value is -1.63. The first kappa shape index (κ1) is 16.4. The zero-order valence-corrected chi connectivity index (χ0v) is 11.7. The SMILES string of the molecule is COC(=O)CC[C@@H](NC(=O)CCC1CCNC1)C(=O)O. The lowest BCUT2D eigenvalue weighted by Crippen LogP contribution is -2.41. The van der Waals surface area contributed by atoms with Crippen molar-refractivity contribution in [3.05, 3.63) is 0 Å². The molecule has 0 aromatic heterocycles. The van der Waals surface area contributed by atoms with Crippen molar-refractivity contribution >= 4 is 17.8 Å². The van der Waals surface area contributed by atoms with E-state index in [1.165, 1.54) is 7.11 Å². The zero-order chi connectivity index (χ0) is 15.0. The summed E-state index contributed by atoms with van der Waals surface area (Å²) < 4.78 is 4.45. The minimum Gasteiger partial charge on any atom is -0.480 e. The maximum atomic E-state index is 11.7. The molecule has 1 saturated heterocycles. The van der Waals surface area contributed by atoms with Crippen LogP contribution in [0.25, 0.3) is 0 Å². The first-order valence-electron chi connectivity index (χ1n) is 6.82. The highest BCUT2D eigenvalue weighted by Crippen LogP contribution is 2.14. The molecule has 0 aromatic rings. The van der Waals surface area contributed by atoms with Gasteiger partial charge in [0, 0.05) is 12.8 Å². The number of hydrogen-bond acceptors (Lipinski definition) is 5. The number of methoxy groups -OCH3 is 1. The maximum Gasteiger partial charge on any atom is 0.326 e. The molecule has 3 N–H and O–H groups in total. The summed E-state index contributed by atoms with van der Waals surface area (Å²) in [5, 5.41) is 14.7. The molecular weight excluding hydrogens is 264 g/mol. The fourth-order valence-corrected chi connectivity index (χ4v) is 2.18. The number of carbonyl (C=O) groups is 3. The number of aliphatic carboxylic acids is 1. The number of hydrogen-bond donors (Lipinski definition) is 3. The third-order valence-corrected chi connectivity index (χ3v) is 3.44. The first-order valence-corrected chi connectivity index (χ1v) is 6.82. The van der Waals surface area contributed by atoms with E-state index in [9.17, 15) is 14.4 Å². The fourth-order valence-electron chi connectivity index (χ4n) is 2.18. The lowest BCUT2D eigenvalue weighted by molar-refractivity contribution is -0.144. The van der Waals surface area contributed by atoms with Crippen molar-refractivity contribution in [1.29, 1.82) is 0 Å². The molecule has 1 heterocycles.